The van der Waals surface area contributed by atoms with E-state index >= 15 is 0 Å². The van der Waals surface area contributed by atoms with Crippen molar-refractivity contribution in [3.8, 4) is 0 Å². The van der Waals surface area contributed by atoms with Gasteiger partial charge in [0.25, 0.3) is 0 Å². The molecule has 11 heteroatoms. The van der Waals surface area contributed by atoms with E-state index < -0.39 is 48.4 Å². The summed E-state index contributed by atoms with van der Waals surface area (Å²) in [6.45, 7) is 51.0. The molecule has 0 bridgehead atoms. The van der Waals surface area contributed by atoms with Crippen molar-refractivity contribution in [1.82, 2.24) is 0 Å². The van der Waals surface area contributed by atoms with Gasteiger partial charge in [0.1, 0.15) is 0 Å². The van der Waals surface area contributed by atoms with Gasteiger partial charge in [-0.05, 0) is 44.7 Å². The molecule has 1 rings (SSSR count). The van der Waals surface area contributed by atoms with Crippen LogP contribution in [0.4, 0.5) is 0 Å². The molecule has 0 unspecified atom stereocenters. The van der Waals surface area contributed by atoms with Crippen LogP contribution in [0.1, 0.15) is 46.0 Å². The van der Waals surface area contributed by atoms with Gasteiger partial charge in [0.2, 0.25) is 0 Å². The maximum absolute atomic E-state index is 4.33. The van der Waals surface area contributed by atoms with E-state index in [-0.39, 0.29) is 27.3 Å². The fourth-order valence-corrected chi connectivity index (χ4v) is 45.7. The van der Waals surface area contributed by atoms with Gasteiger partial charge in [0, 0.05) is 48.4 Å². The Balaban J connectivity index is -0.00000162. The summed E-state index contributed by atoms with van der Waals surface area (Å²) in [5.41, 5.74) is 4.94. The Bertz CT molecular complexity index is 708. The minimum absolute atomic E-state index is 0. The number of hydrogen-bond acceptors (Lipinski definition) is 4. The summed E-state index contributed by atoms with van der Waals surface area (Å²) in [5, 5.41) is 2.32. The summed E-state index contributed by atoms with van der Waals surface area (Å²) in [5.74, 6) is 0. The molecular weight excluding hydrogens is 864 g/mol. The van der Waals surface area contributed by atoms with Gasteiger partial charge in [-0.2, -0.15) is 0 Å². The Morgan fingerprint density at radius 1 is 0.512 bits per heavy atom. The zero-order valence-corrected chi connectivity index (χ0v) is 43.8. The third-order valence-electron chi connectivity index (χ3n) is 7.11. The first-order valence-electron chi connectivity index (χ1n) is 14.9. The van der Waals surface area contributed by atoms with E-state index in [2.05, 4.69) is 159 Å². The molecule has 0 nitrogen and oxygen atoms in total. The molecule has 41 heavy (non-hydrogen) atoms. The van der Waals surface area contributed by atoms with Gasteiger partial charge in [0.05, 0.1) is 0 Å². The first kappa shape index (κ1) is 48.2. The summed E-state index contributed by atoms with van der Waals surface area (Å²) < 4.78 is 0. The fourth-order valence-electron chi connectivity index (χ4n) is 7.88. The Kier molecular flexibility index (Phi) is 22.3. The molecule has 238 valence electrons. The largest absolute Gasteiger partial charge is 2.00 e. The zero-order chi connectivity index (χ0) is 32.7. The van der Waals surface area contributed by atoms with Crippen LogP contribution >= 0.6 is 19.7 Å². The van der Waals surface area contributed by atoms with E-state index in [1.807, 2.05) is 20.3 Å². The van der Waals surface area contributed by atoms with E-state index in [0.717, 1.165) is 15.5 Å². The molecule has 0 N–H and O–H groups in total. The van der Waals surface area contributed by atoms with Crippen molar-refractivity contribution in [2.75, 3.05) is 0 Å². The summed E-state index contributed by atoms with van der Waals surface area (Å²) in [7, 11) is -5.94. The van der Waals surface area contributed by atoms with Gasteiger partial charge in [-0.3, -0.25) is 19.7 Å². The monoisotopic (exact) mass is 930 g/mol. The number of rotatable bonds is 10. The molecule has 0 atom stereocenters. The van der Waals surface area contributed by atoms with Gasteiger partial charge in [-0.25, -0.2) is 0 Å². The molecule has 0 aliphatic rings. The maximum atomic E-state index is 4.33. The van der Waals surface area contributed by atoms with E-state index in [4.69, 9.17) is 0 Å². The Hall–Kier alpha value is 2.84. The molecule has 1 aromatic carbocycles. The van der Waals surface area contributed by atoms with E-state index in [9.17, 15) is 0 Å². The van der Waals surface area contributed by atoms with E-state index in [1.54, 1.807) is 16.7 Å². The van der Waals surface area contributed by atoms with Gasteiger partial charge in [0.15, 0.2) is 0 Å². The molecule has 0 aliphatic carbocycles. The number of benzene rings is 1. The minimum Gasteiger partial charge on any atom is -0.709 e. The van der Waals surface area contributed by atoms with Crippen LogP contribution in [0.5, 0.6) is 0 Å². The van der Waals surface area contributed by atoms with Crippen LogP contribution in [0.2, 0.25) is 118 Å². The van der Waals surface area contributed by atoms with Crippen LogP contribution in [0.25, 0.3) is 0 Å². The molecule has 1 aromatic rings. The molecule has 0 saturated heterocycles. The normalized spacial score (nSPS) is 13.4. The molecule has 0 aromatic heterocycles. The minimum atomic E-state index is -1.39. The first-order valence-corrected chi connectivity index (χ1v) is 40.4. The number of hydrogen-bond donors (Lipinski definition) is 0. The smallest absolute Gasteiger partial charge is 0.709 e. The summed E-state index contributed by atoms with van der Waals surface area (Å²) in [6, 6.07) is 9.65. The SMILES string of the molecule is C[CH]C.C[Si](C)(C)C(c1[c]c(C([Si](C)(C)C)[Si](C)(C)C)cc(C([Si](C)(C)C)[Si](C)(C)C)c1)[Si](C)(C)C.[Pb+2].[S-]SS[S-]. The van der Waals surface area contributed by atoms with Crippen LogP contribution in [-0.2, 0) is 23.3 Å². The summed E-state index contributed by atoms with van der Waals surface area (Å²) >= 11 is 8.66. The Morgan fingerprint density at radius 2 is 0.707 bits per heavy atom. The Labute approximate surface area is 304 Å². The average Bonchev–Trinajstić information content (AvgIpc) is 2.61. The molecular formula is C30H66PbS4Si6. The van der Waals surface area contributed by atoms with E-state index in [0.29, 0.717) is 0 Å². The topological polar surface area (TPSA) is 0 Å². The average molecular weight is 931 g/mol. The molecule has 0 fully saturated rings. The van der Waals surface area contributed by atoms with Crippen molar-refractivity contribution >= 4 is 119 Å². The van der Waals surface area contributed by atoms with Crippen molar-refractivity contribution in [3.63, 3.8) is 0 Å². The van der Waals surface area contributed by atoms with Crippen LogP contribution in [0.15, 0.2) is 12.1 Å². The second-order valence-corrected chi connectivity index (χ2v) is 55.2. The van der Waals surface area contributed by atoms with Crippen LogP contribution in [0, 0.1) is 12.5 Å². The van der Waals surface area contributed by atoms with Gasteiger partial charge in [-0.1, -0.05) is 144 Å². The van der Waals surface area contributed by atoms with Crippen molar-refractivity contribution in [3.05, 3.63) is 41.3 Å². The second-order valence-electron chi connectivity index (χ2n) is 18.0. The van der Waals surface area contributed by atoms with Crippen LogP contribution in [-0.4, -0.2) is 75.7 Å². The van der Waals surface area contributed by atoms with Gasteiger partial charge in [-0.15, -0.1) is 0 Å². The van der Waals surface area contributed by atoms with Crippen molar-refractivity contribution in [2.24, 2.45) is 0 Å². The molecule has 0 amide bonds. The Morgan fingerprint density at radius 3 is 0.854 bits per heavy atom. The quantitative estimate of drug-likeness (QED) is 0.130. The molecule has 0 aliphatic heterocycles. The van der Waals surface area contributed by atoms with E-state index in [1.165, 1.54) is 19.7 Å². The fraction of sp³-hybridized carbons (Fsp3) is 0.767. The zero-order valence-electron chi connectivity index (χ0n) is 30.6. The van der Waals surface area contributed by atoms with Crippen LogP contribution in [0.3, 0.4) is 0 Å². The van der Waals surface area contributed by atoms with Gasteiger partial charge < -0.3 is 23.3 Å². The molecule has 0 saturated carbocycles. The predicted molar refractivity (Wildman–Crippen MR) is 225 cm³/mol. The standard InChI is InChI=1S/C27H59Si6.C3H7.Pb.H2S4/c1-28(2,3)25(29(4,5)6)22-19-23(26(30(7,8)9)31(10,11)12)21-24(20-22)27(32(13,14)15)33(16,17)18;1-3-2;;1-3-4-2/h19-20,25-27H,1-18H3;3H,1-2H3;;1-2H/q;;+2;/p-2. The van der Waals surface area contributed by atoms with Crippen molar-refractivity contribution < 1.29 is 0 Å². The predicted octanol–water partition coefficient (Wildman–Crippen LogP) is 12.1. The second kappa shape index (κ2) is 19.0. The van der Waals surface area contributed by atoms with Crippen molar-refractivity contribution in [2.45, 2.75) is 147 Å². The summed E-state index contributed by atoms with van der Waals surface area (Å²) in [6.07, 6.45) is 2.00. The summed E-state index contributed by atoms with van der Waals surface area (Å²) in [4.78, 5) is 0. The first-order chi connectivity index (χ1) is 17.5. The van der Waals surface area contributed by atoms with Gasteiger partial charge >= 0.3 is 27.3 Å². The van der Waals surface area contributed by atoms with Crippen LogP contribution < -0.4 is 0 Å². The third kappa shape index (κ3) is 17.5. The molecule has 0 heterocycles. The maximum Gasteiger partial charge on any atom is 2.00 e. The van der Waals surface area contributed by atoms with Crippen molar-refractivity contribution in [1.29, 1.82) is 0 Å². The third-order valence-corrected chi connectivity index (χ3v) is 37.2. The molecule has 0 spiro atoms. The molecule has 4 radical (unpaired) electrons.